The fourth-order valence-corrected chi connectivity index (χ4v) is 5.41. The van der Waals surface area contributed by atoms with Crippen LogP contribution in [0.25, 0.3) is 0 Å². The maximum atomic E-state index is 13.6. The summed E-state index contributed by atoms with van der Waals surface area (Å²) in [5.41, 5.74) is 5.45. The molecule has 5 nitrogen and oxygen atoms in total. The van der Waals surface area contributed by atoms with Crippen molar-refractivity contribution in [1.82, 2.24) is 10.2 Å². The van der Waals surface area contributed by atoms with Gasteiger partial charge in [0.25, 0.3) is 5.91 Å². The number of aryl methyl sites for hydroxylation is 2. The van der Waals surface area contributed by atoms with E-state index in [4.69, 9.17) is 9.47 Å². The number of benzene rings is 3. The number of carbonyl (C=O) groups excluding carboxylic acids is 1. The molecule has 5 heteroatoms. The largest absolute Gasteiger partial charge is 0.493 e. The van der Waals surface area contributed by atoms with Crippen LogP contribution in [-0.2, 0) is 12.8 Å². The van der Waals surface area contributed by atoms with Gasteiger partial charge in [-0.3, -0.25) is 4.79 Å². The monoisotopic (exact) mass is 486 g/mol. The number of carbonyl (C=O) groups is 1. The molecule has 1 saturated heterocycles. The van der Waals surface area contributed by atoms with Gasteiger partial charge in [0.2, 0.25) is 0 Å². The molecule has 0 bridgehead atoms. The number of amides is 1. The van der Waals surface area contributed by atoms with Crippen LogP contribution in [0, 0.1) is 13.8 Å². The first-order valence-electron chi connectivity index (χ1n) is 12.8. The van der Waals surface area contributed by atoms with Crippen LogP contribution >= 0.6 is 0 Å². The molecular formula is C31H38N2O3. The number of para-hydroxylation sites is 1. The second-order valence-corrected chi connectivity index (χ2v) is 9.80. The Hall–Kier alpha value is -3.31. The standard InChI is InChI=1S/C31H38N2O3/c1-22-17-23(2)19-26(18-22)31(34)33-16-14-27(21-28(33)20-24-9-6-5-7-10-24)32-15-13-25-11-8-12-29(35-3)30(25)36-4/h5-12,17-19,27-28,32H,13-16,20-21H2,1-4H3. The molecule has 3 aromatic carbocycles. The molecule has 2 unspecified atom stereocenters. The number of nitrogens with one attached hydrogen (secondary N) is 1. The summed E-state index contributed by atoms with van der Waals surface area (Å²) in [7, 11) is 3.35. The third-order valence-corrected chi connectivity index (χ3v) is 7.07. The van der Waals surface area contributed by atoms with Crippen molar-refractivity contribution < 1.29 is 14.3 Å². The van der Waals surface area contributed by atoms with Gasteiger partial charge >= 0.3 is 0 Å². The summed E-state index contributed by atoms with van der Waals surface area (Å²) in [5, 5.41) is 3.76. The summed E-state index contributed by atoms with van der Waals surface area (Å²) < 4.78 is 11.0. The van der Waals surface area contributed by atoms with E-state index in [2.05, 4.69) is 60.5 Å². The lowest BCUT2D eigenvalue weighted by atomic mass is 9.91. The third kappa shape index (κ3) is 6.27. The molecule has 1 N–H and O–H groups in total. The topological polar surface area (TPSA) is 50.8 Å². The zero-order valence-electron chi connectivity index (χ0n) is 21.9. The summed E-state index contributed by atoms with van der Waals surface area (Å²) in [6, 6.07) is 23.2. The molecular weight excluding hydrogens is 448 g/mol. The Labute approximate surface area is 215 Å². The van der Waals surface area contributed by atoms with Crippen LogP contribution < -0.4 is 14.8 Å². The zero-order valence-corrected chi connectivity index (χ0v) is 21.9. The number of likely N-dealkylation sites (tertiary alicyclic amines) is 1. The number of hydrogen-bond donors (Lipinski definition) is 1. The number of ether oxygens (including phenoxy) is 2. The zero-order chi connectivity index (χ0) is 25.5. The number of piperidine rings is 1. The Balaban J connectivity index is 1.45. The average Bonchev–Trinajstić information content (AvgIpc) is 2.88. The Morgan fingerprint density at radius 1 is 0.972 bits per heavy atom. The van der Waals surface area contributed by atoms with Crippen LogP contribution in [0.4, 0.5) is 0 Å². The molecule has 2 atom stereocenters. The van der Waals surface area contributed by atoms with Crippen LogP contribution in [0.2, 0.25) is 0 Å². The molecule has 1 aliphatic rings. The van der Waals surface area contributed by atoms with Gasteiger partial charge in [-0.15, -0.1) is 0 Å². The quantitative estimate of drug-likeness (QED) is 0.442. The molecule has 190 valence electrons. The van der Waals surface area contributed by atoms with Gasteiger partial charge in [0.05, 0.1) is 14.2 Å². The highest BCUT2D eigenvalue weighted by atomic mass is 16.5. The fourth-order valence-electron chi connectivity index (χ4n) is 5.41. The minimum Gasteiger partial charge on any atom is -0.493 e. The smallest absolute Gasteiger partial charge is 0.254 e. The van der Waals surface area contributed by atoms with E-state index >= 15 is 0 Å². The van der Waals surface area contributed by atoms with Crippen LogP contribution in [-0.4, -0.2) is 50.2 Å². The van der Waals surface area contributed by atoms with Crippen LogP contribution in [0.3, 0.4) is 0 Å². The van der Waals surface area contributed by atoms with E-state index < -0.39 is 0 Å². The van der Waals surface area contributed by atoms with Crippen molar-refractivity contribution in [2.75, 3.05) is 27.3 Å². The minimum atomic E-state index is 0.141. The van der Waals surface area contributed by atoms with Crippen LogP contribution in [0.5, 0.6) is 11.5 Å². The van der Waals surface area contributed by atoms with Gasteiger partial charge < -0.3 is 19.7 Å². The highest BCUT2D eigenvalue weighted by molar-refractivity contribution is 5.95. The number of methoxy groups -OCH3 is 2. The van der Waals surface area contributed by atoms with Crippen LogP contribution in [0.1, 0.15) is 45.5 Å². The maximum absolute atomic E-state index is 13.6. The normalized spacial score (nSPS) is 17.6. The number of hydrogen-bond acceptors (Lipinski definition) is 4. The summed E-state index contributed by atoms with van der Waals surface area (Å²) in [6.07, 6.45) is 3.59. The summed E-state index contributed by atoms with van der Waals surface area (Å²) >= 11 is 0. The van der Waals surface area contributed by atoms with E-state index in [0.717, 1.165) is 72.5 Å². The maximum Gasteiger partial charge on any atom is 0.254 e. The Morgan fingerprint density at radius 2 is 1.72 bits per heavy atom. The second-order valence-electron chi connectivity index (χ2n) is 9.80. The molecule has 0 aromatic heterocycles. The molecule has 3 aromatic rings. The fraction of sp³-hybridized carbons (Fsp3) is 0.387. The van der Waals surface area contributed by atoms with Gasteiger partial charge in [-0.05, 0) is 75.4 Å². The Kier molecular flexibility index (Phi) is 8.65. The molecule has 4 rings (SSSR count). The summed E-state index contributed by atoms with van der Waals surface area (Å²) in [4.78, 5) is 15.7. The lowest BCUT2D eigenvalue weighted by Gasteiger charge is -2.40. The lowest BCUT2D eigenvalue weighted by Crippen LogP contribution is -2.52. The minimum absolute atomic E-state index is 0.141. The first-order chi connectivity index (χ1) is 17.5. The molecule has 1 amide bonds. The van der Waals surface area contributed by atoms with Crippen molar-refractivity contribution in [1.29, 1.82) is 0 Å². The predicted molar refractivity (Wildman–Crippen MR) is 145 cm³/mol. The molecule has 36 heavy (non-hydrogen) atoms. The third-order valence-electron chi connectivity index (χ3n) is 7.07. The first-order valence-corrected chi connectivity index (χ1v) is 12.8. The Bertz CT molecular complexity index is 1140. The SMILES string of the molecule is COc1cccc(CCNC2CCN(C(=O)c3cc(C)cc(C)c3)C(Cc3ccccc3)C2)c1OC. The van der Waals surface area contributed by atoms with Gasteiger partial charge in [-0.2, -0.15) is 0 Å². The highest BCUT2D eigenvalue weighted by Gasteiger charge is 2.32. The van der Waals surface area contributed by atoms with Crippen molar-refractivity contribution in [3.8, 4) is 11.5 Å². The second kappa shape index (κ2) is 12.1. The molecule has 0 aliphatic carbocycles. The van der Waals surface area contributed by atoms with Crippen molar-refractivity contribution in [3.05, 3.63) is 94.5 Å². The van der Waals surface area contributed by atoms with Crippen molar-refractivity contribution >= 4 is 5.91 Å². The Morgan fingerprint density at radius 3 is 2.42 bits per heavy atom. The van der Waals surface area contributed by atoms with E-state index in [1.807, 2.05) is 30.3 Å². The molecule has 1 heterocycles. The molecule has 0 saturated carbocycles. The van der Waals surface area contributed by atoms with E-state index in [-0.39, 0.29) is 11.9 Å². The van der Waals surface area contributed by atoms with E-state index in [1.54, 1.807) is 14.2 Å². The molecule has 0 spiro atoms. The van der Waals surface area contributed by atoms with E-state index in [0.29, 0.717) is 6.04 Å². The number of rotatable bonds is 9. The van der Waals surface area contributed by atoms with Crippen molar-refractivity contribution in [2.24, 2.45) is 0 Å². The molecule has 1 aliphatic heterocycles. The summed E-state index contributed by atoms with van der Waals surface area (Å²) in [5.74, 6) is 1.70. The highest BCUT2D eigenvalue weighted by Crippen LogP contribution is 2.31. The van der Waals surface area contributed by atoms with Crippen molar-refractivity contribution in [2.45, 2.75) is 51.6 Å². The van der Waals surface area contributed by atoms with Gasteiger partial charge in [-0.1, -0.05) is 59.7 Å². The lowest BCUT2D eigenvalue weighted by molar-refractivity contribution is 0.0577. The molecule has 0 radical (unpaired) electrons. The van der Waals surface area contributed by atoms with Gasteiger partial charge in [0, 0.05) is 24.2 Å². The van der Waals surface area contributed by atoms with E-state index in [9.17, 15) is 4.79 Å². The van der Waals surface area contributed by atoms with Crippen molar-refractivity contribution in [3.63, 3.8) is 0 Å². The molecule has 1 fully saturated rings. The summed E-state index contributed by atoms with van der Waals surface area (Å²) in [6.45, 7) is 5.71. The average molecular weight is 487 g/mol. The number of nitrogens with zero attached hydrogens (tertiary/aromatic N) is 1. The van der Waals surface area contributed by atoms with E-state index in [1.165, 1.54) is 5.56 Å². The van der Waals surface area contributed by atoms with Crippen LogP contribution in [0.15, 0.2) is 66.7 Å². The predicted octanol–water partition coefficient (Wildman–Crippen LogP) is 5.37. The van der Waals surface area contributed by atoms with Gasteiger partial charge in [0.15, 0.2) is 11.5 Å². The first kappa shape index (κ1) is 25.8. The van der Waals surface area contributed by atoms with Gasteiger partial charge in [-0.25, -0.2) is 0 Å². The van der Waals surface area contributed by atoms with Gasteiger partial charge in [0.1, 0.15) is 0 Å².